The van der Waals surface area contributed by atoms with E-state index in [1.54, 1.807) is 0 Å². The number of fused-ring (bicyclic) bond motifs is 1. The maximum atomic E-state index is 5.38. The predicted octanol–water partition coefficient (Wildman–Crippen LogP) is 2.49. The summed E-state index contributed by atoms with van der Waals surface area (Å²) in [7, 11) is 0. The smallest absolute Gasteiger partial charge is 0.191 e. The quantitative estimate of drug-likeness (QED) is 0.240. The van der Waals surface area contributed by atoms with Gasteiger partial charge in [-0.15, -0.1) is 24.0 Å². The first-order valence-electron chi connectivity index (χ1n) is 9.20. The summed E-state index contributed by atoms with van der Waals surface area (Å²) in [4.78, 5) is 11.7. The minimum atomic E-state index is 0. The van der Waals surface area contributed by atoms with E-state index in [9.17, 15) is 0 Å². The zero-order valence-corrected chi connectivity index (χ0v) is 19.6. The zero-order chi connectivity index (χ0) is 18.2. The Kier molecular flexibility index (Phi) is 9.80. The number of guanidine groups is 1. The van der Waals surface area contributed by atoms with Crippen LogP contribution >= 0.6 is 39.9 Å². The Balaban J connectivity index is 0.00000261. The van der Waals surface area contributed by atoms with Crippen molar-refractivity contribution in [2.45, 2.75) is 19.9 Å². The van der Waals surface area contributed by atoms with E-state index in [0.717, 1.165) is 74.1 Å². The van der Waals surface area contributed by atoms with Crippen LogP contribution < -0.4 is 10.6 Å². The maximum Gasteiger partial charge on any atom is 0.191 e. The minimum Gasteiger partial charge on any atom is -0.379 e. The SMILES string of the molecule is CCNC(=NCc1cn2cc(Br)ccc2n1)NCCCN1CCOCC1.I. The highest BCUT2D eigenvalue weighted by atomic mass is 127. The summed E-state index contributed by atoms with van der Waals surface area (Å²) in [6, 6.07) is 3.99. The molecule has 2 N–H and O–H groups in total. The number of nitrogens with one attached hydrogen (secondary N) is 2. The highest BCUT2D eigenvalue weighted by Gasteiger charge is 2.09. The number of morpholine rings is 1. The third kappa shape index (κ3) is 7.20. The molecule has 0 atom stereocenters. The molecule has 0 aliphatic carbocycles. The molecule has 1 fully saturated rings. The second-order valence-corrected chi connectivity index (χ2v) is 7.19. The summed E-state index contributed by atoms with van der Waals surface area (Å²) in [5.74, 6) is 0.840. The molecule has 1 saturated heterocycles. The number of imidazole rings is 1. The molecule has 150 valence electrons. The maximum absolute atomic E-state index is 5.38. The van der Waals surface area contributed by atoms with Crippen LogP contribution in [0.2, 0.25) is 0 Å². The van der Waals surface area contributed by atoms with Crippen LogP contribution in [0.15, 0.2) is 34.0 Å². The Bertz CT molecular complexity index is 732. The molecule has 7 nitrogen and oxygen atoms in total. The molecule has 27 heavy (non-hydrogen) atoms. The fourth-order valence-corrected chi connectivity index (χ4v) is 3.28. The highest BCUT2D eigenvalue weighted by molar-refractivity contribution is 14.0. The Morgan fingerprint density at radius 2 is 2.07 bits per heavy atom. The van der Waals surface area contributed by atoms with Crippen molar-refractivity contribution >= 4 is 51.5 Å². The number of aromatic nitrogens is 2. The van der Waals surface area contributed by atoms with Crippen molar-refractivity contribution in [3.63, 3.8) is 0 Å². The fraction of sp³-hybridized carbons (Fsp3) is 0.556. The second-order valence-electron chi connectivity index (χ2n) is 6.27. The number of hydrogen-bond acceptors (Lipinski definition) is 4. The normalized spacial score (nSPS) is 15.6. The Labute approximate surface area is 186 Å². The molecule has 0 saturated carbocycles. The van der Waals surface area contributed by atoms with Crippen LogP contribution in [-0.4, -0.2) is 66.2 Å². The Morgan fingerprint density at radius 3 is 2.85 bits per heavy atom. The molecule has 0 aromatic carbocycles. The van der Waals surface area contributed by atoms with Crippen LogP contribution in [0.25, 0.3) is 5.65 Å². The van der Waals surface area contributed by atoms with Gasteiger partial charge in [-0.3, -0.25) is 4.90 Å². The molecule has 9 heteroatoms. The zero-order valence-electron chi connectivity index (χ0n) is 15.7. The summed E-state index contributed by atoms with van der Waals surface area (Å²) in [5, 5.41) is 6.71. The number of rotatable bonds is 7. The average Bonchev–Trinajstić information content (AvgIpc) is 3.06. The van der Waals surface area contributed by atoms with Crippen LogP contribution in [0.4, 0.5) is 0 Å². The van der Waals surface area contributed by atoms with Gasteiger partial charge in [0.2, 0.25) is 0 Å². The van der Waals surface area contributed by atoms with Gasteiger partial charge in [-0.2, -0.15) is 0 Å². The summed E-state index contributed by atoms with van der Waals surface area (Å²) in [6.07, 6.45) is 5.11. The molecule has 0 amide bonds. The molecule has 1 aliphatic rings. The fourth-order valence-electron chi connectivity index (χ4n) is 2.93. The molecule has 0 bridgehead atoms. The molecule has 3 rings (SSSR count). The monoisotopic (exact) mass is 550 g/mol. The van der Waals surface area contributed by atoms with Crippen LogP contribution in [0.5, 0.6) is 0 Å². The van der Waals surface area contributed by atoms with Crippen molar-refractivity contribution in [3.05, 3.63) is 34.7 Å². The number of halogens is 2. The van der Waals surface area contributed by atoms with Crippen molar-refractivity contribution in [2.24, 2.45) is 4.99 Å². The van der Waals surface area contributed by atoms with Gasteiger partial charge in [0, 0.05) is 43.0 Å². The van der Waals surface area contributed by atoms with Crippen LogP contribution in [0.3, 0.4) is 0 Å². The van der Waals surface area contributed by atoms with Gasteiger partial charge >= 0.3 is 0 Å². The van der Waals surface area contributed by atoms with Gasteiger partial charge < -0.3 is 19.8 Å². The average molecular weight is 551 g/mol. The molecule has 3 heterocycles. The molecule has 1 aliphatic heterocycles. The van der Waals surface area contributed by atoms with Crippen molar-refractivity contribution in [3.8, 4) is 0 Å². The lowest BCUT2D eigenvalue weighted by atomic mass is 10.3. The number of nitrogens with zero attached hydrogens (tertiary/aromatic N) is 4. The lowest BCUT2D eigenvalue weighted by Gasteiger charge is -2.26. The van der Waals surface area contributed by atoms with Gasteiger partial charge in [0.25, 0.3) is 0 Å². The van der Waals surface area contributed by atoms with Gasteiger partial charge in [-0.05, 0) is 48.0 Å². The first-order chi connectivity index (χ1) is 12.7. The largest absolute Gasteiger partial charge is 0.379 e. The highest BCUT2D eigenvalue weighted by Crippen LogP contribution is 2.12. The standard InChI is InChI=1S/C18H27BrN6O.HI/c1-2-20-18(21-6-3-7-24-8-10-26-11-9-24)22-12-16-14-25-13-15(19)4-5-17(25)23-16;/h4-5,13-14H,2-3,6-12H2,1H3,(H2,20,21,22);1H. The first-order valence-corrected chi connectivity index (χ1v) is 9.99. The molecule has 0 radical (unpaired) electrons. The predicted molar refractivity (Wildman–Crippen MR) is 123 cm³/mol. The molecule has 0 unspecified atom stereocenters. The molecule has 2 aromatic rings. The Hall–Kier alpha value is -0.910. The topological polar surface area (TPSA) is 66.2 Å². The van der Waals surface area contributed by atoms with Crippen molar-refractivity contribution in [2.75, 3.05) is 45.9 Å². The lowest BCUT2D eigenvalue weighted by molar-refractivity contribution is 0.0376. The minimum absolute atomic E-state index is 0. The first kappa shape index (κ1) is 22.4. The summed E-state index contributed by atoms with van der Waals surface area (Å²) >= 11 is 3.48. The van der Waals surface area contributed by atoms with E-state index in [1.165, 1.54) is 0 Å². The molecular formula is C18H28BrIN6O. The van der Waals surface area contributed by atoms with E-state index < -0.39 is 0 Å². The van der Waals surface area contributed by atoms with E-state index in [1.807, 2.05) is 28.9 Å². The third-order valence-electron chi connectivity index (χ3n) is 4.26. The molecule has 2 aromatic heterocycles. The summed E-state index contributed by atoms with van der Waals surface area (Å²) in [6.45, 7) is 9.26. The lowest BCUT2D eigenvalue weighted by Crippen LogP contribution is -2.40. The van der Waals surface area contributed by atoms with Crippen LogP contribution in [0, 0.1) is 0 Å². The van der Waals surface area contributed by atoms with Gasteiger partial charge in [-0.1, -0.05) is 0 Å². The number of hydrogen-bond donors (Lipinski definition) is 2. The van der Waals surface area contributed by atoms with E-state index in [4.69, 9.17) is 4.74 Å². The number of pyridine rings is 1. The number of aliphatic imine (C=N–C) groups is 1. The van der Waals surface area contributed by atoms with Gasteiger partial charge in [0.1, 0.15) is 5.65 Å². The van der Waals surface area contributed by atoms with Crippen molar-refractivity contribution < 1.29 is 4.74 Å². The van der Waals surface area contributed by atoms with E-state index in [2.05, 4.69) is 48.4 Å². The third-order valence-corrected chi connectivity index (χ3v) is 4.72. The van der Waals surface area contributed by atoms with E-state index >= 15 is 0 Å². The summed E-state index contributed by atoms with van der Waals surface area (Å²) < 4.78 is 8.43. The van der Waals surface area contributed by atoms with Crippen LogP contribution in [-0.2, 0) is 11.3 Å². The Morgan fingerprint density at radius 1 is 1.26 bits per heavy atom. The second kappa shape index (κ2) is 11.8. The molecule has 0 spiro atoms. The van der Waals surface area contributed by atoms with Gasteiger partial charge in [-0.25, -0.2) is 9.98 Å². The number of ether oxygens (including phenoxy) is 1. The van der Waals surface area contributed by atoms with E-state index in [-0.39, 0.29) is 24.0 Å². The van der Waals surface area contributed by atoms with Gasteiger partial charge in [0.05, 0.1) is 25.5 Å². The molecular weight excluding hydrogens is 523 g/mol. The van der Waals surface area contributed by atoms with Crippen molar-refractivity contribution in [1.29, 1.82) is 0 Å². The van der Waals surface area contributed by atoms with E-state index in [0.29, 0.717) is 6.54 Å². The van der Waals surface area contributed by atoms with Crippen LogP contribution in [0.1, 0.15) is 19.0 Å². The van der Waals surface area contributed by atoms with Gasteiger partial charge in [0.15, 0.2) is 5.96 Å². The van der Waals surface area contributed by atoms with Crippen molar-refractivity contribution in [1.82, 2.24) is 24.9 Å². The summed E-state index contributed by atoms with van der Waals surface area (Å²) in [5.41, 5.74) is 1.88.